The largest absolute Gasteiger partial charge is 0.369 e. The van der Waals surface area contributed by atoms with E-state index < -0.39 is 7.60 Å². The summed E-state index contributed by atoms with van der Waals surface area (Å²) in [6, 6.07) is 0. The molecular weight excluding hydrogens is 239 g/mol. The van der Waals surface area contributed by atoms with Gasteiger partial charge in [-0.25, -0.2) is 0 Å². The zero-order valence-corrected chi connectivity index (χ0v) is 11.1. The maximum absolute atomic E-state index is 12.0. The zero-order chi connectivity index (χ0) is 11.6. The highest BCUT2D eigenvalue weighted by molar-refractivity contribution is 7.53. The third kappa shape index (κ3) is 8.23. The van der Waals surface area contributed by atoms with Gasteiger partial charge in [-0.3, -0.25) is 4.57 Å². The highest BCUT2D eigenvalue weighted by Gasteiger charge is 2.23. The molecule has 0 rings (SSSR count). The van der Waals surface area contributed by atoms with Crippen LogP contribution in [0, 0.1) is 0 Å². The van der Waals surface area contributed by atoms with Gasteiger partial charge in [0.15, 0.2) is 0 Å². The SMILES string of the molecule is CCCOCP(=O)(OCC)OCCCCl. The minimum Gasteiger partial charge on any atom is -0.369 e. The van der Waals surface area contributed by atoms with Gasteiger partial charge in [0.25, 0.3) is 0 Å². The van der Waals surface area contributed by atoms with Crippen LogP contribution in [0.25, 0.3) is 0 Å². The second-order valence-corrected chi connectivity index (χ2v) is 5.32. The van der Waals surface area contributed by atoms with Crippen LogP contribution < -0.4 is 0 Å². The molecule has 0 radical (unpaired) electrons. The molecule has 0 aromatic heterocycles. The Balaban J connectivity index is 3.89. The van der Waals surface area contributed by atoms with Crippen LogP contribution in [-0.4, -0.2) is 32.0 Å². The third-order valence-corrected chi connectivity index (χ3v) is 3.48. The Kier molecular flexibility index (Phi) is 9.87. The fourth-order valence-corrected chi connectivity index (χ4v) is 2.37. The lowest BCUT2D eigenvalue weighted by molar-refractivity contribution is 0.130. The molecule has 0 saturated carbocycles. The molecular formula is C9H20ClO4P. The molecule has 0 aromatic rings. The van der Waals surface area contributed by atoms with E-state index in [1.807, 2.05) is 6.92 Å². The van der Waals surface area contributed by atoms with E-state index in [-0.39, 0.29) is 6.35 Å². The molecule has 0 fully saturated rings. The van der Waals surface area contributed by atoms with Crippen molar-refractivity contribution < 1.29 is 18.3 Å². The number of rotatable bonds is 10. The van der Waals surface area contributed by atoms with Gasteiger partial charge in [-0.05, 0) is 19.8 Å². The first-order valence-electron chi connectivity index (χ1n) is 5.20. The van der Waals surface area contributed by atoms with E-state index in [0.717, 1.165) is 6.42 Å². The average molecular weight is 259 g/mol. The van der Waals surface area contributed by atoms with E-state index in [0.29, 0.717) is 32.1 Å². The second kappa shape index (κ2) is 9.61. The van der Waals surface area contributed by atoms with Gasteiger partial charge >= 0.3 is 7.60 Å². The fourth-order valence-electron chi connectivity index (χ4n) is 0.887. The van der Waals surface area contributed by atoms with Crippen molar-refractivity contribution in [2.75, 3.05) is 32.0 Å². The lowest BCUT2D eigenvalue weighted by Gasteiger charge is -2.17. The van der Waals surface area contributed by atoms with Gasteiger partial charge in [0, 0.05) is 12.5 Å². The normalized spacial score (nSPS) is 15.1. The van der Waals surface area contributed by atoms with Crippen LogP contribution in [0.1, 0.15) is 26.7 Å². The van der Waals surface area contributed by atoms with E-state index in [2.05, 4.69) is 0 Å². The van der Waals surface area contributed by atoms with E-state index in [4.69, 9.17) is 25.4 Å². The minimum absolute atomic E-state index is 0.0248. The Labute approximate surface area is 96.8 Å². The van der Waals surface area contributed by atoms with Crippen molar-refractivity contribution in [2.45, 2.75) is 26.7 Å². The lowest BCUT2D eigenvalue weighted by Crippen LogP contribution is -2.05. The standard InChI is InChI=1S/C9H20ClO4P/c1-3-7-12-9-15(11,13-4-2)14-8-5-6-10/h3-9H2,1-2H3. The van der Waals surface area contributed by atoms with Crippen molar-refractivity contribution in [3.63, 3.8) is 0 Å². The number of halogens is 1. The quantitative estimate of drug-likeness (QED) is 0.343. The Hall–Kier alpha value is 0.400. The second-order valence-electron chi connectivity index (χ2n) is 2.94. The van der Waals surface area contributed by atoms with Gasteiger partial charge in [0.2, 0.25) is 0 Å². The molecule has 0 amide bonds. The highest BCUT2D eigenvalue weighted by atomic mass is 35.5. The van der Waals surface area contributed by atoms with E-state index in [9.17, 15) is 4.57 Å². The number of hydrogen-bond donors (Lipinski definition) is 0. The van der Waals surface area contributed by atoms with Gasteiger partial charge < -0.3 is 13.8 Å². The van der Waals surface area contributed by atoms with Gasteiger partial charge in [0.1, 0.15) is 6.35 Å². The topological polar surface area (TPSA) is 44.8 Å². The predicted molar refractivity (Wildman–Crippen MR) is 61.6 cm³/mol. The molecule has 0 heterocycles. The van der Waals surface area contributed by atoms with Crippen LogP contribution >= 0.6 is 19.2 Å². The van der Waals surface area contributed by atoms with Crippen LogP contribution in [0.4, 0.5) is 0 Å². The molecule has 4 nitrogen and oxygen atoms in total. The summed E-state index contributed by atoms with van der Waals surface area (Å²) in [5, 5.41) is 0. The van der Waals surface area contributed by atoms with Gasteiger partial charge in [0.05, 0.1) is 13.2 Å². The van der Waals surface area contributed by atoms with Crippen molar-refractivity contribution in [3.05, 3.63) is 0 Å². The smallest absolute Gasteiger partial charge is 0.356 e. The molecule has 1 unspecified atom stereocenters. The molecule has 0 N–H and O–H groups in total. The molecule has 0 saturated heterocycles. The highest BCUT2D eigenvalue weighted by Crippen LogP contribution is 2.48. The minimum atomic E-state index is -3.06. The Morgan fingerprint density at radius 1 is 1.20 bits per heavy atom. The monoisotopic (exact) mass is 258 g/mol. The van der Waals surface area contributed by atoms with E-state index in [1.165, 1.54) is 0 Å². The first-order chi connectivity index (χ1) is 7.18. The number of alkyl halides is 1. The van der Waals surface area contributed by atoms with Gasteiger partial charge in [-0.2, -0.15) is 0 Å². The summed E-state index contributed by atoms with van der Waals surface area (Å²) in [4.78, 5) is 0. The van der Waals surface area contributed by atoms with Crippen molar-refractivity contribution >= 4 is 19.2 Å². The number of hydrogen-bond acceptors (Lipinski definition) is 4. The predicted octanol–water partition coefficient (Wildman–Crippen LogP) is 3.25. The van der Waals surface area contributed by atoms with Crippen molar-refractivity contribution in [2.24, 2.45) is 0 Å². The first kappa shape index (κ1) is 15.4. The Morgan fingerprint density at radius 3 is 2.47 bits per heavy atom. The molecule has 0 aromatic carbocycles. The summed E-state index contributed by atoms with van der Waals surface area (Å²) in [6.45, 7) is 5.02. The maximum Gasteiger partial charge on any atom is 0.356 e. The van der Waals surface area contributed by atoms with Crippen LogP contribution in [0.5, 0.6) is 0 Å². The molecule has 0 aliphatic heterocycles. The van der Waals surface area contributed by atoms with Crippen LogP contribution in [0.2, 0.25) is 0 Å². The number of ether oxygens (including phenoxy) is 1. The molecule has 15 heavy (non-hydrogen) atoms. The molecule has 1 atom stereocenters. The lowest BCUT2D eigenvalue weighted by atomic mass is 10.5. The molecule has 0 aliphatic rings. The Bertz CT molecular complexity index is 175. The van der Waals surface area contributed by atoms with Crippen LogP contribution in [-0.2, 0) is 18.3 Å². The summed E-state index contributed by atoms with van der Waals surface area (Å²) in [5.41, 5.74) is 0. The summed E-state index contributed by atoms with van der Waals surface area (Å²) < 4.78 is 27.4. The maximum atomic E-state index is 12.0. The molecule has 0 bridgehead atoms. The summed E-state index contributed by atoms with van der Waals surface area (Å²) in [5.74, 6) is 0.488. The summed E-state index contributed by atoms with van der Waals surface area (Å²) in [7, 11) is -3.06. The van der Waals surface area contributed by atoms with Gasteiger partial charge in [-0.15, -0.1) is 11.6 Å². The first-order valence-corrected chi connectivity index (χ1v) is 7.46. The molecule has 0 aliphatic carbocycles. The van der Waals surface area contributed by atoms with Crippen molar-refractivity contribution in [3.8, 4) is 0 Å². The zero-order valence-electron chi connectivity index (χ0n) is 9.41. The van der Waals surface area contributed by atoms with Gasteiger partial charge in [-0.1, -0.05) is 6.92 Å². The van der Waals surface area contributed by atoms with Crippen molar-refractivity contribution in [1.82, 2.24) is 0 Å². The average Bonchev–Trinajstić information content (AvgIpc) is 2.19. The van der Waals surface area contributed by atoms with E-state index >= 15 is 0 Å². The molecule has 92 valence electrons. The fraction of sp³-hybridized carbons (Fsp3) is 1.00. The summed E-state index contributed by atoms with van der Waals surface area (Å²) >= 11 is 5.49. The Morgan fingerprint density at radius 2 is 1.93 bits per heavy atom. The van der Waals surface area contributed by atoms with Crippen LogP contribution in [0.3, 0.4) is 0 Å². The van der Waals surface area contributed by atoms with Crippen molar-refractivity contribution in [1.29, 1.82) is 0 Å². The summed E-state index contributed by atoms with van der Waals surface area (Å²) in [6.07, 6.45) is 1.57. The van der Waals surface area contributed by atoms with Crippen LogP contribution in [0.15, 0.2) is 0 Å². The third-order valence-electron chi connectivity index (χ3n) is 1.49. The molecule has 0 spiro atoms. The van der Waals surface area contributed by atoms with E-state index in [1.54, 1.807) is 6.92 Å². The molecule has 6 heteroatoms.